The van der Waals surface area contributed by atoms with Gasteiger partial charge >= 0.3 is 6.18 Å². The average Bonchev–Trinajstić information content (AvgIpc) is 2.61. The molecule has 0 saturated carbocycles. The van der Waals surface area contributed by atoms with Gasteiger partial charge in [0, 0.05) is 0 Å². The minimum atomic E-state index is -4.77. The highest BCUT2D eigenvalue weighted by atomic mass is 19.4. The van der Waals surface area contributed by atoms with Crippen LogP contribution in [0, 0.1) is 5.82 Å². The molecule has 0 aliphatic carbocycles. The van der Waals surface area contributed by atoms with E-state index in [0.717, 1.165) is 6.07 Å². The van der Waals surface area contributed by atoms with Gasteiger partial charge in [0.1, 0.15) is 5.82 Å². The normalized spacial score (nSPS) is 11.4. The molecule has 0 aliphatic heterocycles. The van der Waals surface area contributed by atoms with Crippen LogP contribution in [0.4, 0.5) is 17.6 Å². The molecule has 3 aromatic carbocycles. The molecule has 0 aromatic heterocycles. The molecule has 0 unspecified atom stereocenters. The first-order chi connectivity index (χ1) is 12.3. The van der Waals surface area contributed by atoms with Crippen LogP contribution in [-0.2, 0) is 6.18 Å². The van der Waals surface area contributed by atoms with Crippen molar-refractivity contribution >= 4 is 5.91 Å². The van der Waals surface area contributed by atoms with Gasteiger partial charge in [0.2, 0.25) is 5.91 Å². The first kappa shape index (κ1) is 17.7. The van der Waals surface area contributed by atoms with Gasteiger partial charge in [-0.1, -0.05) is 48.5 Å². The van der Waals surface area contributed by atoms with Crippen molar-refractivity contribution in [3.05, 3.63) is 83.7 Å². The van der Waals surface area contributed by atoms with Crippen LogP contribution >= 0.6 is 0 Å². The predicted octanol–water partition coefficient (Wildman–Crippen LogP) is 5.28. The fourth-order valence-electron chi connectivity index (χ4n) is 2.89. The number of alkyl halides is 3. The molecule has 26 heavy (non-hydrogen) atoms. The van der Waals surface area contributed by atoms with E-state index < -0.39 is 29.0 Å². The number of carbonyl (C=O) groups excluding carboxylic acids is 1. The molecule has 0 atom stereocenters. The van der Waals surface area contributed by atoms with Gasteiger partial charge in [0.05, 0.1) is 11.1 Å². The van der Waals surface area contributed by atoms with Gasteiger partial charge in [0.15, 0.2) is 0 Å². The standard InChI is InChI=1S/C20H13F4NO/c21-13-10-8-12(9-11-13)14-4-1-2-5-15(14)16-6-3-7-17(19(25)26)18(16)20(22,23)24/h1-11H,(H2,25,26). The largest absolute Gasteiger partial charge is 0.417 e. The van der Waals surface area contributed by atoms with E-state index in [9.17, 15) is 22.4 Å². The molecule has 0 heterocycles. The predicted molar refractivity (Wildman–Crippen MR) is 90.8 cm³/mol. The minimum Gasteiger partial charge on any atom is -0.366 e. The lowest BCUT2D eigenvalue weighted by Crippen LogP contribution is -2.19. The zero-order chi connectivity index (χ0) is 18.9. The molecule has 0 spiro atoms. The Morgan fingerprint density at radius 1 is 0.769 bits per heavy atom. The van der Waals surface area contributed by atoms with Crippen molar-refractivity contribution < 1.29 is 22.4 Å². The Hall–Kier alpha value is -3.15. The van der Waals surface area contributed by atoms with Crippen molar-refractivity contribution in [3.63, 3.8) is 0 Å². The van der Waals surface area contributed by atoms with Crippen LogP contribution < -0.4 is 5.73 Å². The summed E-state index contributed by atoms with van der Waals surface area (Å²) in [5, 5.41) is 0. The third-order valence-electron chi connectivity index (χ3n) is 3.99. The van der Waals surface area contributed by atoms with Crippen molar-refractivity contribution in [1.29, 1.82) is 0 Å². The van der Waals surface area contributed by atoms with Gasteiger partial charge in [-0.2, -0.15) is 13.2 Å². The van der Waals surface area contributed by atoms with E-state index in [0.29, 0.717) is 11.1 Å². The van der Waals surface area contributed by atoms with Gasteiger partial charge in [-0.05, 0) is 40.5 Å². The summed E-state index contributed by atoms with van der Waals surface area (Å²) in [5.74, 6) is -1.60. The molecule has 6 heteroatoms. The number of hydrogen-bond donors (Lipinski definition) is 1. The van der Waals surface area contributed by atoms with E-state index >= 15 is 0 Å². The Bertz CT molecular complexity index is 962. The van der Waals surface area contributed by atoms with Crippen LogP contribution in [0.3, 0.4) is 0 Å². The van der Waals surface area contributed by atoms with E-state index in [1.54, 1.807) is 18.2 Å². The van der Waals surface area contributed by atoms with Crippen molar-refractivity contribution in [3.8, 4) is 22.3 Å². The molecule has 2 N–H and O–H groups in total. The smallest absolute Gasteiger partial charge is 0.366 e. The first-order valence-electron chi connectivity index (χ1n) is 7.64. The van der Waals surface area contributed by atoms with Crippen molar-refractivity contribution in [2.75, 3.05) is 0 Å². The molecule has 0 saturated heterocycles. The first-order valence-corrected chi connectivity index (χ1v) is 7.64. The van der Waals surface area contributed by atoms with Gasteiger partial charge in [0.25, 0.3) is 0 Å². The number of amides is 1. The molecule has 3 aromatic rings. The summed E-state index contributed by atoms with van der Waals surface area (Å²) in [6, 6.07) is 15.6. The summed E-state index contributed by atoms with van der Waals surface area (Å²) >= 11 is 0. The lowest BCUT2D eigenvalue weighted by molar-refractivity contribution is -0.137. The van der Waals surface area contributed by atoms with E-state index in [1.807, 2.05) is 0 Å². The van der Waals surface area contributed by atoms with Crippen LogP contribution in [0.25, 0.3) is 22.3 Å². The summed E-state index contributed by atoms with van der Waals surface area (Å²) in [6.45, 7) is 0. The molecule has 0 radical (unpaired) electrons. The van der Waals surface area contributed by atoms with Crippen molar-refractivity contribution in [1.82, 2.24) is 0 Å². The number of carbonyl (C=O) groups is 1. The molecule has 0 fully saturated rings. The number of rotatable bonds is 3. The molecule has 1 amide bonds. The van der Waals surface area contributed by atoms with Crippen LogP contribution in [0.1, 0.15) is 15.9 Å². The molecular weight excluding hydrogens is 346 g/mol. The Morgan fingerprint density at radius 3 is 1.92 bits per heavy atom. The maximum atomic E-state index is 13.7. The molecule has 0 bridgehead atoms. The zero-order valence-corrected chi connectivity index (χ0v) is 13.3. The second-order valence-electron chi connectivity index (χ2n) is 5.64. The number of halogens is 4. The second kappa shape index (κ2) is 6.63. The minimum absolute atomic E-state index is 0.159. The lowest BCUT2D eigenvalue weighted by Gasteiger charge is -2.18. The Labute approximate surface area is 146 Å². The summed E-state index contributed by atoms with van der Waals surface area (Å²) in [5.41, 5.74) is 4.62. The SMILES string of the molecule is NC(=O)c1cccc(-c2ccccc2-c2ccc(F)cc2)c1C(F)(F)F. The molecule has 132 valence electrons. The lowest BCUT2D eigenvalue weighted by atomic mass is 9.89. The van der Waals surface area contributed by atoms with Gasteiger partial charge in [-0.3, -0.25) is 4.79 Å². The average molecular weight is 359 g/mol. The summed E-state index contributed by atoms with van der Waals surface area (Å²) in [4.78, 5) is 11.5. The third-order valence-corrected chi connectivity index (χ3v) is 3.99. The molecule has 3 rings (SSSR count). The molecular formula is C20H13F4NO. The van der Waals surface area contributed by atoms with Crippen LogP contribution in [0.2, 0.25) is 0 Å². The van der Waals surface area contributed by atoms with Gasteiger partial charge in [-0.25, -0.2) is 4.39 Å². The highest BCUT2D eigenvalue weighted by molar-refractivity contribution is 5.98. The Balaban J connectivity index is 2.31. The fourth-order valence-corrected chi connectivity index (χ4v) is 2.89. The monoisotopic (exact) mass is 359 g/mol. The number of benzene rings is 3. The number of nitrogens with two attached hydrogens (primary N) is 1. The molecule has 2 nitrogen and oxygen atoms in total. The highest BCUT2D eigenvalue weighted by Crippen LogP contribution is 2.42. The number of hydrogen-bond acceptors (Lipinski definition) is 1. The van der Waals surface area contributed by atoms with Crippen LogP contribution in [0.15, 0.2) is 66.7 Å². The van der Waals surface area contributed by atoms with Gasteiger partial charge < -0.3 is 5.73 Å². The van der Waals surface area contributed by atoms with Crippen LogP contribution in [0.5, 0.6) is 0 Å². The Kier molecular flexibility index (Phi) is 4.50. The zero-order valence-electron chi connectivity index (χ0n) is 13.3. The highest BCUT2D eigenvalue weighted by Gasteiger charge is 2.38. The van der Waals surface area contributed by atoms with Crippen LogP contribution in [-0.4, -0.2) is 5.91 Å². The van der Waals surface area contributed by atoms with Crippen molar-refractivity contribution in [2.45, 2.75) is 6.18 Å². The topological polar surface area (TPSA) is 43.1 Å². The Morgan fingerprint density at radius 2 is 1.35 bits per heavy atom. The maximum absolute atomic E-state index is 13.7. The summed E-state index contributed by atoms with van der Waals surface area (Å²) in [6.07, 6.45) is -4.77. The summed E-state index contributed by atoms with van der Waals surface area (Å²) < 4.78 is 54.2. The second-order valence-corrected chi connectivity index (χ2v) is 5.64. The van der Waals surface area contributed by atoms with E-state index in [2.05, 4.69) is 0 Å². The van der Waals surface area contributed by atoms with E-state index in [1.165, 1.54) is 42.5 Å². The van der Waals surface area contributed by atoms with Crippen molar-refractivity contribution in [2.24, 2.45) is 5.73 Å². The third kappa shape index (κ3) is 3.31. The van der Waals surface area contributed by atoms with E-state index in [-0.39, 0.29) is 11.1 Å². The number of primary amides is 1. The quantitative estimate of drug-likeness (QED) is 0.636. The summed E-state index contributed by atoms with van der Waals surface area (Å²) in [7, 11) is 0. The maximum Gasteiger partial charge on any atom is 0.417 e. The van der Waals surface area contributed by atoms with E-state index in [4.69, 9.17) is 5.73 Å². The molecule has 0 aliphatic rings. The fraction of sp³-hybridized carbons (Fsp3) is 0.0500. The van der Waals surface area contributed by atoms with Gasteiger partial charge in [-0.15, -0.1) is 0 Å².